The first-order valence-electron chi connectivity index (χ1n) is 4.96. The molecule has 0 radical (unpaired) electrons. The summed E-state index contributed by atoms with van der Waals surface area (Å²) in [6, 6.07) is 0. The van der Waals surface area contributed by atoms with E-state index in [0.29, 0.717) is 5.92 Å². The molecule has 0 bridgehead atoms. The minimum absolute atomic E-state index is 0.196. The highest BCUT2D eigenvalue weighted by molar-refractivity contribution is 7.07. The molecule has 0 amide bonds. The van der Waals surface area contributed by atoms with Crippen molar-refractivity contribution < 1.29 is 5.11 Å². The molecule has 1 aromatic rings. The van der Waals surface area contributed by atoms with Crippen molar-refractivity contribution in [2.75, 3.05) is 6.54 Å². The maximum atomic E-state index is 9.53. The van der Waals surface area contributed by atoms with Crippen molar-refractivity contribution in [2.24, 2.45) is 5.92 Å². The summed E-state index contributed by atoms with van der Waals surface area (Å²) in [5.74, 6) is 0.344. The Hall–Kier alpha value is -0.450. The van der Waals surface area contributed by atoms with E-state index >= 15 is 0 Å². The molecule has 0 fully saturated rings. The summed E-state index contributed by atoms with van der Waals surface area (Å²) < 4.78 is 0. The Kier molecular flexibility index (Phi) is 5.07. The quantitative estimate of drug-likeness (QED) is 0.708. The number of rotatable bonds is 6. The predicted molar refractivity (Wildman–Crippen MR) is 59.3 cm³/mol. The number of aliphatic hydroxyl groups excluding tert-OH is 1. The third kappa shape index (κ3) is 4.17. The lowest BCUT2D eigenvalue weighted by atomic mass is 10.0. The minimum Gasteiger partial charge on any atom is -0.393 e. The van der Waals surface area contributed by atoms with Gasteiger partial charge in [0.15, 0.2) is 0 Å². The van der Waals surface area contributed by atoms with Gasteiger partial charge in [0.2, 0.25) is 0 Å². The Bertz CT molecular complexity index is 236. The smallest absolute Gasteiger partial charge is 0.0795 e. The van der Waals surface area contributed by atoms with Gasteiger partial charge in [0.05, 0.1) is 17.3 Å². The molecule has 1 rings (SSSR count). The summed E-state index contributed by atoms with van der Waals surface area (Å²) in [6.07, 6.45) is 0.611. The number of nitrogens with zero attached hydrogens (tertiary/aromatic N) is 1. The number of nitrogens with one attached hydrogen (secondary N) is 1. The van der Waals surface area contributed by atoms with Crippen LogP contribution >= 0.6 is 11.3 Å². The molecule has 1 unspecified atom stereocenters. The summed E-state index contributed by atoms with van der Waals surface area (Å²) in [5, 5.41) is 14.8. The molecule has 0 aliphatic carbocycles. The zero-order valence-corrected chi connectivity index (χ0v) is 9.55. The summed E-state index contributed by atoms with van der Waals surface area (Å²) in [5.41, 5.74) is 2.91. The van der Waals surface area contributed by atoms with E-state index in [-0.39, 0.29) is 6.10 Å². The molecule has 2 N–H and O–H groups in total. The average Bonchev–Trinajstić information content (AvgIpc) is 2.64. The number of aliphatic hydroxyl groups is 1. The second-order valence-electron chi connectivity index (χ2n) is 3.76. The number of aromatic nitrogens is 1. The average molecular weight is 214 g/mol. The molecule has 80 valence electrons. The highest BCUT2D eigenvalue weighted by Gasteiger charge is 2.07. The van der Waals surface area contributed by atoms with Crippen molar-refractivity contribution in [1.82, 2.24) is 10.3 Å². The van der Waals surface area contributed by atoms with Gasteiger partial charge in [0.25, 0.3) is 0 Å². The van der Waals surface area contributed by atoms with E-state index in [1.807, 2.05) is 24.7 Å². The molecule has 1 atom stereocenters. The van der Waals surface area contributed by atoms with Crippen molar-refractivity contribution in [3.63, 3.8) is 0 Å². The highest BCUT2D eigenvalue weighted by atomic mass is 32.1. The number of thiazole rings is 1. The van der Waals surface area contributed by atoms with Crippen LogP contribution in [0.4, 0.5) is 0 Å². The van der Waals surface area contributed by atoms with Crippen molar-refractivity contribution in [2.45, 2.75) is 32.9 Å². The van der Waals surface area contributed by atoms with Crippen LogP contribution in [0.1, 0.15) is 26.0 Å². The van der Waals surface area contributed by atoms with Crippen LogP contribution in [-0.2, 0) is 6.54 Å². The highest BCUT2D eigenvalue weighted by Crippen LogP contribution is 2.04. The Morgan fingerprint density at radius 3 is 2.93 bits per heavy atom. The van der Waals surface area contributed by atoms with E-state index in [4.69, 9.17) is 0 Å². The van der Waals surface area contributed by atoms with Gasteiger partial charge in [-0.15, -0.1) is 11.3 Å². The maximum absolute atomic E-state index is 9.53. The van der Waals surface area contributed by atoms with E-state index in [2.05, 4.69) is 10.3 Å². The molecule has 0 aromatic carbocycles. The Morgan fingerprint density at radius 2 is 2.36 bits per heavy atom. The Balaban J connectivity index is 2.05. The van der Waals surface area contributed by atoms with Crippen LogP contribution in [0, 0.1) is 5.92 Å². The van der Waals surface area contributed by atoms with Gasteiger partial charge < -0.3 is 10.4 Å². The van der Waals surface area contributed by atoms with Gasteiger partial charge in [-0.05, 0) is 18.9 Å². The molecule has 0 saturated heterocycles. The zero-order chi connectivity index (χ0) is 10.4. The first-order valence-corrected chi connectivity index (χ1v) is 5.90. The Morgan fingerprint density at radius 1 is 1.57 bits per heavy atom. The molecule has 1 heterocycles. The topological polar surface area (TPSA) is 45.1 Å². The molecule has 4 heteroatoms. The van der Waals surface area contributed by atoms with Gasteiger partial charge in [-0.3, -0.25) is 0 Å². The van der Waals surface area contributed by atoms with E-state index in [9.17, 15) is 5.11 Å². The summed E-state index contributed by atoms with van der Waals surface area (Å²) in [7, 11) is 0. The van der Waals surface area contributed by atoms with Gasteiger partial charge >= 0.3 is 0 Å². The molecule has 0 aliphatic heterocycles. The SMILES string of the molecule is CC(C)C(O)CCNCc1cscn1. The molecule has 0 saturated carbocycles. The molecule has 14 heavy (non-hydrogen) atoms. The summed E-state index contributed by atoms with van der Waals surface area (Å²) in [4.78, 5) is 4.16. The zero-order valence-electron chi connectivity index (χ0n) is 8.73. The lowest BCUT2D eigenvalue weighted by Gasteiger charge is -2.13. The second kappa shape index (κ2) is 6.11. The normalized spacial score (nSPS) is 13.4. The fourth-order valence-electron chi connectivity index (χ4n) is 1.12. The van der Waals surface area contributed by atoms with Crippen molar-refractivity contribution >= 4 is 11.3 Å². The first-order chi connectivity index (χ1) is 6.70. The van der Waals surface area contributed by atoms with Crippen molar-refractivity contribution in [3.8, 4) is 0 Å². The fourth-order valence-corrected chi connectivity index (χ4v) is 1.68. The summed E-state index contributed by atoms with van der Waals surface area (Å²) >= 11 is 1.61. The molecule has 1 aromatic heterocycles. The molecular formula is C10H18N2OS. The molecule has 3 nitrogen and oxygen atoms in total. The van der Waals surface area contributed by atoms with Crippen molar-refractivity contribution in [1.29, 1.82) is 0 Å². The lowest BCUT2D eigenvalue weighted by molar-refractivity contribution is 0.116. The van der Waals surface area contributed by atoms with Crippen LogP contribution in [0.25, 0.3) is 0 Å². The van der Waals surface area contributed by atoms with Gasteiger partial charge in [-0.1, -0.05) is 13.8 Å². The van der Waals surface area contributed by atoms with Crippen LogP contribution in [0.5, 0.6) is 0 Å². The fraction of sp³-hybridized carbons (Fsp3) is 0.700. The van der Waals surface area contributed by atoms with Gasteiger partial charge in [-0.25, -0.2) is 4.98 Å². The van der Waals surface area contributed by atoms with Gasteiger partial charge in [0.1, 0.15) is 0 Å². The Labute approximate surface area is 89.2 Å². The predicted octanol–water partition coefficient (Wildman–Crippen LogP) is 1.64. The van der Waals surface area contributed by atoms with E-state index < -0.39 is 0 Å². The van der Waals surface area contributed by atoms with Crippen LogP contribution in [0.15, 0.2) is 10.9 Å². The molecule has 0 aliphatic rings. The number of hydrogen-bond acceptors (Lipinski definition) is 4. The van der Waals surface area contributed by atoms with Crippen LogP contribution < -0.4 is 5.32 Å². The third-order valence-corrected chi connectivity index (χ3v) is 2.81. The molecular weight excluding hydrogens is 196 g/mol. The van der Waals surface area contributed by atoms with Crippen LogP contribution in [0.2, 0.25) is 0 Å². The maximum Gasteiger partial charge on any atom is 0.0795 e. The van der Waals surface area contributed by atoms with Crippen molar-refractivity contribution in [3.05, 3.63) is 16.6 Å². The van der Waals surface area contributed by atoms with E-state index in [1.54, 1.807) is 11.3 Å². The second-order valence-corrected chi connectivity index (χ2v) is 4.48. The number of hydrogen-bond donors (Lipinski definition) is 2. The van der Waals surface area contributed by atoms with E-state index in [1.165, 1.54) is 0 Å². The third-order valence-electron chi connectivity index (χ3n) is 2.18. The standard InChI is InChI=1S/C10H18N2OS/c1-8(2)10(13)3-4-11-5-9-6-14-7-12-9/h6-8,10-11,13H,3-5H2,1-2H3. The monoisotopic (exact) mass is 214 g/mol. The summed E-state index contributed by atoms with van der Waals surface area (Å²) in [6.45, 7) is 5.71. The van der Waals surface area contributed by atoms with Crippen LogP contribution in [0.3, 0.4) is 0 Å². The van der Waals surface area contributed by atoms with E-state index in [0.717, 1.165) is 25.2 Å². The largest absolute Gasteiger partial charge is 0.393 e. The molecule has 0 spiro atoms. The minimum atomic E-state index is -0.196. The lowest BCUT2D eigenvalue weighted by Crippen LogP contribution is -2.23. The van der Waals surface area contributed by atoms with Gasteiger partial charge in [0, 0.05) is 11.9 Å². The van der Waals surface area contributed by atoms with Gasteiger partial charge in [-0.2, -0.15) is 0 Å². The first kappa shape index (κ1) is 11.6. The van der Waals surface area contributed by atoms with Crippen LogP contribution in [-0.4, -0.2) is 22.7 Å².